The van der Waals surface area contributed by atoms with E-state index in [2.05, 4.69) is 0 Å². The SMILES string of the molecule is O.O.O.O=P([O-])([O-])O.[Ca+2]. The number of rotatable bonds is 0. The van der Waals surface area contributed by atoms with Crippen LogP contribution in [0.15, 0.2) is 0 Å². The van der Waals surface area contributed by atoms with Crippen LogP contribution in [0.4, 0.5) is 0 Å². The topological polar surface area (TPSA) is 178 Å². The van der Waals surface area contributed by atoms with Gasteiger partial charge < -0.3 is 35.7 Å². The van der Waals surface area contributed by atoms with Crippen molar-refractivity contribution in [1.29, 1.82) is 0 Å². The molecule has 56 valence electrons. The Labute approximate surface area is 80.9 Å². The van der Waals surface area contributed by atoms with Gasteiger partial charge in [0.25, 0.3) is 0 Å². The molecule has 0 aliphatic rings. The fourth-order valence-corrected chi connectivity index (χ4v) is 0. The fraction of sp³-hybridized carbons (Fsp3) is 0. The zero-order valence-corrected chi connectivity index (χ0v) is 7.43. The van der Waals surface area contributed by atoms with Crippen LogP contribution >= 0.6 is 7.82 Å². The van der Waals surface area contributed by atoms with Gasteiger partial charge in [0.2, 0.25) is 0 Å². The average molecular weight is 190 g/mol. The zero-order chi connectivity index (χ0) is 4.50. The van der Waals surface area contributed by atoms with Gasteiger partial charge in [-0.1, -0.05) is 0 Å². The minimum absolute atomic E-state index is 0. The van der Waals surface area contributed by atoms with E-state index in [4.69, 9.17) is 19.2 Å². The van der Waals surface area contributed by atoms with E-state index in [1.54, 1.807) is 0 Å². The van der Waals surface area contributed by atoms with Gasteiger partial charge in [0.1, 0.15) is 0 Å². The van der Waals surface area contributed by atoms with Crippen LogP contribution in [-0.2, 0) is 4.57 Å². The molecule has 9 heavy (non-hydrogen) atoms. The second-order valence-electron chi connectivity index (χ2n) is 0.469. The minimum atomic E-state index is -5.14. The average Bonchev–Trinajstić information content (AvgIpc) is 0.722. The molecule has 0 bridgehead atoms. The van der Waals surface area contributed by atoms with E-state index < -0.39 is 7.82 Å². The molecule has 0 radical (unpaired) electrons. The number of hydrogen-bond donors (Lipinski definition) is 1. The largest absolute Gasteiger partial charge is 2.00 e. The molecule has 0 spiro atoms. The van der Waals surface area contributed by atoms with Crippen LogP contribution in [0.3, 0.4) is 0 Å². The second-order valence-corrected chi connectivity index (χ2v) is 1.41. The van der Waals surface area contributed by atoms with E-state index >= 15 is 0 Å². The van der Waals surface area contributed by atoms with Crippen molar-refractivity contribution in [2.24, 2.45) is 0 Å². The third-order valence-electron chi connectivity index (χ3n) is 0. The maximum absolute atomic E-state index is 8.66. The molecule has 0 rings (SSSR count). The van der Waals surface area contributed by atoms with Gasteiger partial charge in [-0.2, -0.15) is 0 Å². The monoisotopic (exact) mass is 190 g/mol. The van der Waals surface area contributed by atoms with E-state index in [1.165, 1.54) is 0 Å². The molecule has 0 heterocycles. The van der Waals surface area contributed by atoms with Crippen LogP contribution in [0.25, 0.3) is 0 Å². The summed E-state index contributed by atoms with van der Waals surface area (Å²) >= 11 is 0. The summed E-state index contributed by atoms with van der Waals surface area (Å²) < 4.78 is 8.66. The minimum Gasteiger partial charge on any atom is -0.790 e. The van der Waals surface area contributed by atoms with Crippen molar-refractivity contribution in [2.45, 2.75) is 0 Å². The van der Waals surface area contributed by atoms with Crippen molar-refractivity contribution >= 4 is 45.6 Å². The maximum Gasteiger partial charge on any atom is 2.00 e. The van der Waals surface area contributed by atoms with E-state index in [0.29, 0.717) is 0 Å². The van der Waals surface area contributed by atoms with Gasteiger partial charge in [-0.05, 0) is 0 Å². The fourth-order valence-electron chi connectivity index (χ4n) is 0. The van der Waals surface area contributed by atoms with Gasteiger partial charge in [-0.3, -0.25) is 0 Å². The summed E-state index contributed by atoms with van der Waals surface area (Å²) in [6, 6.07) is 0. The summed E-state index contributed by atoms with van der Waals surface area (Å²) in [7, 11) is -5.14. The van der Waals surface area contributed by atoms with Gasteiger partial charge in [0.05, 0.1) is 7.82 Å². The van der Waals surface area contributed by atoms with Crippen molar-refractivity contribution in [3.05, 3.63) is 0 Å². The Balaban J connectivity index is -0.0000000133. The van der Waals surface area contributed by atoms with Crippen LogP contribution in [0.2, 0.25) is 0 Å². The van der Waals surface area contributed by atoms with Gasteiger partial charge >= 0.3 is 37.7 Å². The first kappa shape index (κ1) is 31.8. The van der Waals surface area contributed by atoms with Gasteiger partial charge in [-0.15, -0.1) is 0 Å². The molecule has 0 aromatic heterocycles. The normalized spacial score (nSPS) is 6.56. The Morgan fingerprint density at radius 1 is 1.11 bits per heavy atom. The molecule has 0 fully saturated rings. The van der Waals surface area contributed by atoms with Crippen molar-refractivity contribution < 1.29 is 35.7 Å². The Morgan fingerprint density at radius 3 is 1.11 bits per heavy atom. The van der Waals surface area contributed by atoms with E-state index in [1.807, 2.05) is 0 Å². The predicted octanol–water partition coefficient (Wildman–Crippen LogP) is -5.05. The first-order chi connectivity index (χ1) is 2.00. The molecule has 9 heteroatoms. The zero-order valence-electron chi connectivity index (χ0n) is 4.33. The predicted molar refractivity (Wildman–Crippen MR) is 26.4 cm³/mol. The summed E-state index contributed by atoms with van der Waals surface area (Å²) in [6.07, 6.45) is 0. The molecule has 0 aromatic carbocycles. The summed E-state index contributed by atoms with van der Waals surface area (Å²) in [5.74, 6) is 0. The van der Waals surface area contributed by atoms with Crippen LogP contribution < -0.4 is 9.79 Å². The Morgan fingerprint density at radius 2 is 1.11 bits per heavy atom. The van der Waals surface area contributed by atoms with Gasteiger partial charge in [0, 0.05) is 0 Å². The van der Waals surface area contributed by atoms with E-state index in [-0.39, 0.29) is 54.2 Å². The third-order valence-corrected chi connectivity index (χ3v) is 0. The summed E-state index contributed by atoms with van der Waals surface area (Å²) in [5.41, 5.74) is 0. The van der Waals surface area contributed by atoms with Gasteiger partial charge in [0.15, 0.2) is 0 Å². The molecule has 0 saturated heterocycles. The molecule has 0 atom stereocenters. The van der Waals surface area contributed by atoms with Crippen LogP contribution in [-0.4, -0.2) is 59.1 Å². The molecular weight excluding hydrogens is 183 g/mol. The quantitative estimate of drug-likeness (QED) is 0.296. The van der Waals surface area contributed by atoms with Crippen LogP contribution in [0.5, 0.6) is 0 Å². The summed E-state index contributed by atoms with van der Waals surface area (Å²) in [5, 5.41) is 0. The summed E-state index contributed by atoms with van der Waals surface area (Å²) in [4.78, 5) is 24.3. The van der Waals surface area contributed by atoms with Crippen LogP contribution in [0, 0.1) is 0 Å². The first-order valence-corrected chi connectivity index (χ1v) is 2.24. The van der Waals surface area contributed by atoms with Crippen molar-refractivity contribution in [1.82, 2.24) is 0 Å². The van der Waals surface area contributed by atoms with E-state index in [0.717, 1.165) is 0 Å². The molecule has 0 amide bonds. The van der Waals surface area contributed by atoms with Crippen molar-refractivity contribution in [3.8, 4) is 0 Å². The van der Waals surface area contributed by atoms with Gasteiger partial charge in [-0.25, -0.2) is 0 Å². The summed E-state index contributed by atoms with van der Waals surface area (Å²) in [6.45, 7) is 0. The standard InChI is InChI=1S/Ca.H3O4P.3H2O/c;1-5(2,3)4;;;/h;(H3,1,2,3,4);3*1H2/q+2;;;;/p-2. The number of hydrogen-bond acceptors (Lipinski definition) is 3. The Bertz CT molecular complexity index is 55.1. The first-order valence-electron chi connectivity index (χ1n) is 0.748. The molecular formula is H7CaO7P. The molecule has 0 saturated carbocycles. The second kappa shape index (κ2) is 12.0. The van der Waals surface area contributed by atoms with Crippen molar-refractivity contribution in [2.75, 3.05) is 0 Å². The molecule has 0 aliphatic carbocycles. The van der Waals surface area contributed by atoms with Crippen molar-refractivity contribution in [3.63, 3.8) is 0 Å². The third kappa shape index (κ3) is 311. The van der Waals surface area contributed by atoms with E-state index in [9.17, 15) is 0 Å². The molecule has 7 nitrogen and oxygen atoms in total. The van der Waals surface area contributed by atoms with Crippen LogP contribution in [0.1, 0.15) is 0 Å². The molecule has 0 aromatic rings. The Hall–Kier alpha value is 1.25. The smallest absolute Gasteiger partial charge is 0.790 e. The molecule has 7 N–H and O–H groups in total. The number of phosphoric acid groups is 1. The Kier molecular flexibility index (Phi) is 42.3. The molecule has 0 aliphatic heterocycles. The molecule has 0 unspecified atom stereocenters. The maximum atomic E-state index is 8.66.